The number of halogens is 1. The second-order valence-electron chi connectivity index (χ2n) is 6.34. The van der Waals surface area contributed by atoms with Crippen LogP contribution >= 0.6 is 11.6 Å². The summed E-state index contributed by atoms with van der Waals surface area (Å²) in [6, 6.07) is 2.68. The highest BCUT2D eigenvalue weighted by atomic mass is 35.5. The van der Waals surface area contributed by atoms with Gasteiger partial charge in [-0.3, -0.25) is 14.2 Å². The lowest BCUT2D eigenvalue weighted by molar-refractivity contribution is -0.133. The Balaban J connectivity index is 1.77. The number of piperidine rings is 1. The lowest BCUT2D eigenvalue weighted by Gasteiger charge is -2.32. The normalized spacial score (nSPS) is 17.5. The standard InChI is InChI=1S/C16H21ClN6O3/c1-3-22-15(19-20(2)16(22)26)11-5-4-8-21(9-11)14(25)10-23-13(24)7-6-12(17)18-23/h6-7,11H,3-5,8-10H2,1-2H3/t11-/m0/s1. The highest BCUT2D eigenvalue weighted by molar-refractivity contribution is 6.29. The topological polar surface area (TPSA) is 95.0 Å². The van der Waals surface area contributed by atoms with Gasteiger partial charge >= 0.3 is 5.69 Å². The molecule has 0 aliphatic carbocycles. The Morgan fingerprint density at radius 2 is 2.08 bits per heavy atom. The lowest BCUT2D eigenvalue weighted by Crippen LogP contribution is -2.43. The van der Waals surface area contributed by atoms with Gasteiger partial charge in [-0.05, 0) is 25.8 Å². The van der Waals surface area contributed by atoms with Crippen molar-refractivity contribution in [3.63, 3.8) is 0 Å². The van der Waals surface area contributed by atoms with Crippen molar-refractivity contribution in [2.24, 2.45) is 7.05 Å². The molecule has 0 radical (unpaired) electrons. The van der Waals surface area contributed by atoms with Crippen LogP contribution in [0.25, 0.3) is 0 Å². The van der Waals surface area contributed by atoms with Crippen LogP contribution in [0.15, 0.2) is 21.7 Å². The first-order valence-corrected chi connectivity index (χ1v) is 8.93. The smallest absolute Gasteiger partial charge is 0.340 e. The summed E-state index contributed by atoms with van der Waals surface area (Å²) < 4.78 is 4.04. The summed E-state index contributed by atoms with van der Waals surface area (Å²) in [7, 11) is 1.63. The summed E-state index contributed by atoms with van der Waals surface area (Å²) in [6.45, 7) is 3.34. The first-order valence-electron chi connectivity index (χ1n) is 8.56. The molecule has 26 heavy (non-hydrogen) atoms. The molecule has 1 aliphatic rings. The van der Waals surface area contributed by atoms with Crippen LogP contribution in [-0.2, 0) is 24.9 Å². The zero-order chi connectivity index (χ0) is 18.8. The third kappa shape index (κ3) is 3.57. The van der Waals surface area contributed by atoms with E-state index in [-0.39, 0.29) is 34.8 Å². The summed E-state index contributed by atoms with van der Waals surface area (Å²) in [5.41, 5.74) is -0.526. The lowest BCUT2D eigenvalue weighted by atomic mass is 9.97. The Labute approximate surface area is 154 Å². The van der Waals surface area contributed by atoms with Gasteiger partial charge in [0.05, 0.1) is 0 Å². The van der Waals surface area contributed by atoms with E-state index in [0.717, 1.165) is 17.5 Å². The van der Waals surface area contributed by atoms with Gasteiger partial charge in [0.25, 0.3) is 5.56 Å². The molecule has 1 atom stereocenters. The molecule has 0 N–H and O–H groups in total. The van der Waals surface area contributed by atoms with Crippen LogP contribution in [0.2, 0.25) is 5.15 Å². The van der Waals surface area contributed by atoms with E-state index in [0.29, 0.717) is 25.5 Å². The maximum Gasteiger partial charge on any atom is 0.345 e. The van der Waals surface area contributed by atoms with Crippen LogP contribution in [0.1, 0.15) is 31.5 Å². The summed E-state index contributed by atoms with van der Waals surface area (Å²) in [6.07, 6.45) is 1.67. The number of aryl methyl sites for hydroxylation is 1. The van der Waals surface area contributed by atoms with Crippen molar-refractivity contribution in [2.75, 3.05) is 13.1 Å². The average Bonchev–Trinajstić information content (AvgIpc) is 2.92. The number of nitrogens with zero attached hydrogens (tertiary/aromatic N) is 6. The molecule has 2 aromatic heterocycles. The van der Waals surface area contributed by atoms with Crippen molar-refractivity contribution in [1.29, 1.82) is 0 Å². The van der Waals surface area contributed by atoms with E-state index >= 15 is 0 Å². The molecule has 1 saturated heterocycles. The molecule has 0 saturated carbocycles. The van der Waals surface area contributed by atoms with Crippen molar-refractivity contribution in [2.45, 2.75) is 38.8 Å². The monoisotopic (exact) mass is 380 g/mol. The van der Waals surface area contributed by atoms with E-state index in [9.17, 15) is 14.4 Å². The first-order chi connectivity index (χ1) is 12.4. The highest BCUT2D eigenvalue weighted by Crippen LogP contribution is 2.25. The molecule has 140 valence electrons. The van der Waals surface area contributed by atoms with E-state index in [2.05, 4.69) is 10.2 Å². The Bertz CT molecular complexity index is 931. The van der Waals surface area contributed by atoms with Crippen LogP contribution in [-0.4, -0.2) is 48.0 Å². The van der Waals surface area contributed by atoms with E-state index in [1.165, 1.54) is 16.8 Å². The fourth-order valence-corrected chi connectivity index (χ4v) is 3.46. The van der Waals surface area contributed by atoms with E-state index in [1.807, 2.05) is 6.92 Å². The number of carbonyl (C=O) groups is 1. The first kappa shape index (κ1) is 18.4. The quantitative estimate of drug-likeness (QED) is 0.756. The van der Waals surface area contributed by atoms with Gasteiger partial charge in [0.2, 0.25) is 5.91 Å². The van der Waals surface area contributed by atoms with Crippen LogP contribution in [0.5, 0.6) is 0 Å². The minimum atomic E-state index is -0.374. The van der Waals surface area contributed by atoms with Crippen molar-refractivity contribution in [3.8, 4) is 0 Å². The van der Waals surface area contributed by atoms with Crippen molar-refractivity contribution < 1.29 is 4.79 Å². The molecule has 1 aliphatic heterocycles. The fourth-order valence-electron chi connectivity index (χ4n) is 3.30. The molecule has 0 spiro atoms. The molecule has 1 fully saturated rings. The van der Waals surface area contributed by atoms with Gasteiger partial charge in [-0.15, -0.1) is 0 Å². The Kier molecular flexibility index (Phi) is 5.26. The van der Waals surface area contributed by atoms with E-state index in [4.69, 9.17) is 11.6 Å². The molecule has 3 heterocycles. The van der Waals surface area contributed by atoms with Crippen molar-refractivity contribution >= 4 is 17.5 Å². The number of rotatable bonds is 4. The third-order valence-electron chi connectivity index (χ3n) is 4.61. The number of hydrogen-bond donors (Lipinski definition) is 0. The molecule has 0 unspecified atom stereocenters. The van der Waals surface area contributed by atoms with Gasteiger partial charge in [-0.25, -0.2) is 14.2 Å². The number of carbonyl (C=O) groups excluding carboxylic acids is 1. The van der Waals surface area contributed by atoms with E-state index in [1.54, 1.807) is 16.5 Å². The molecular weight excluding hydrogens is 360 g/mol. The molecule has 0 aromatic carbocycles. The van der Waals surface area contributed by atoms with Crippen LogP contribution in [0, 0.1) is 0 Å². The molecule has 2 aromatic rings. The molecule has 0 bridgehead atoms. The average molecular weight is 381 g/mol. The summed E-state index contributed by atoms with van der Waals surface area (Å²) in [4.78, 5) is 38.3. The molecule has 1 amide bonds. The predicted molar refractivity (Wildman–Crippen MR) is 95.2 cm³/mol. The molecular formula is C16H21ClN6O3. The molecule has 10 heteroatoms. The van der Waals surface area contributed by atoms with Gasteiger partial charge in [-0.1, -0.05) is 11.6 Å². The zero-order valence-electron chi connectivity index (χ0n) is 14.8. The van der Waals surface area contributed by atoms with Gasteiger partial charge in [0.15, 0.2) is 0 Å². The summed E-state index contributed by atoms with van der Waals surface area (Å²) in [5, 5.41) is 8.40. The second kappa shape index (κ2) is 7.45. The molecule has 9 nitrogen and oxygen atoms in total. The minimum absolute atomic E-state index is 0.00871. The van der Waals surface area contributed by atoms with Crippen LogP contribution in [0.3, 0.4) is 0 Å². The minimum Gasteiger partial charge on any atom is -0.340 e. The van der Waals surface area contributed by atoms with Crippen molar-refractivity contribution in [1.82, 2.24) is 29.0 Å². The van der Waals surface area contributed by atoms with Crippen LogP contribution in [0.4, 0.5) is 0 Å². The molecule has 3 rings (SSSR count). The largest absolute Gasteiger partial charge is 0.345 e. The third-order valence-corrected chi connectivity index (χ3v) is 4.81. The van der Waals surface area contributed by atoms with Gasteiger partial charge in [0, 0.05) is 38.7 Å². The van der Waals surface area contributed by atoms with Crippen LogP contribution < -0.4 is 11.2 Å². The number of hydrogen-bond acceptors (Lipinski definition) is 5. The zero-order valence-corrected chi connectivity index (χ0v) is 15.5. The Morgan fingerprint density at radius 1 is 1.31 bits per heavy atom. The highest BCUT2D eigenvalue weighted by Gasteiger charge is 2.29. The predicted octanol–water partition coefficient (Wildman–Crippen LogP) is 0.218. The number of aromatic nitrogens is 5. The fraction of sp³-hybridized carbons (Fsp3) is 0.562. The SMILES string of the molecule is CCn1c([C@H]2CCCN(C(=O)Cn3nc(Cl)ccc3=O)C2)nn(C)c1=O. The van der Waals surface area contributed by atoms with Gasteiger partial charge < -0.3 is 4.90 Å². The maximum absolute atomic E-state index is 12.6. The van der Waals surface area contributed by atoms with Gasteiger partial charge in [0.1, 0.15) is 17.5 Å². The number of amides is 1. The van der Waals surface area contributed by atoms with Gasteiger partial charge in [-0.2, -0.15) is 10.2 Å². The number of likely N-dealkylation sites (tertiary alicyclic amines) is 1. The Hall–Kier alpha value is -2.42. The van der Waals surface area contributed by atoms with Crippen molar-refractivity contribution in [3.05, 3.63) is 43.9 Å². The Morgan fingerprint density at radius 3 is 2.81 bits per heavy atom. The summed E-state index contributed by atoms with van der Waals surface area (Å²) in [5.74, 6) is 0.494. The maximum atomic E-state index is 12.6. The van der Waals surface area contributed by atoms with E-state index < -0.39 is 0 Å². The summed E-state index contributed by atoms with van der Waals surface area (Å²) >= 11 is 5.80. The second-order valence-corrected chi connectivity index (χ2v) is 6.73.